The number of nitrogens with one attached hydrogen (secondary N) is 1. The number of hydrogen-bond acceptors (Lipinski definition) is 3. The van der Waals surface area contributed by atoms with Gasteiger partial charge in [0, 0.05) is 18.7 Å². The van der Waals surface area contributed by atoms with Crippen molar-refractivity contribution in [3.63, 3.8) is 0 Å². The predicted octanol–water partition coefficient (Wildman–Crippen LogP) is 2.21. The van der Waals surface area contributed by atoms with Crippen LogP contribution in [0.3, 0.4) is 0 Å². The van der Waals surface area contributed by atoms with Gasteiger partial charge in [-0.1, -0.05) is 12.1 Å². The predicted molar refractivity (Wildman–Crippen MR) is 74.6 cm³/mol. The molecule has 5 nitrogen and oxygen atoms in total. The molecule has 1 fully saturated rings. The number of carboxylic acids is 1. The Kier molecular flexibility index (Phi) is 5.12. The van der Waals surface area contributed by atoms with E-state index in [4.69, 9.17) is 9.84 Å². The number of ether oxygens (including phenoxy) is 1. The van der Waals surface area contributed by atoms with Crippen LogP contribution in [-0.4, -0.2) is 29.7 Å². The van der Waals surface area contributed by atoms with Crippen molar-refractivity contribution < 1.29 is 19.4 Å². The normalized spacial score (nSPS) is 17.9. The van der Waals surface area contributed by atoms with Crippen molar-refractivity contribution in [3.8, 4) is 0 Å². The summed E-state index contributed by atoms with van der Waals surface area (Å²) in [5.41, 5.74) is 1.41. The van der Waals surface area contributed by atoms with Crippen molar-refractivity contribution in [2.75, 3.05) is 11.9 Å². The average Bonchev–Trinajstić information content (AvgIpc) is 2.91. The van der Waals surface area contributed by atoms with Crippen molar-refractivity contribution in [2.45, 2.75) is 38.2 Å². The monoisotopic (exact) mass is 277 g/mol. The first kappa shape index (κ1) is 14.5. The Morgan fingerprint density at radius 3 is 2.65 bits per heavy atom. The topological polar surface area (TPSA) is 75.6 Å². The number of anilines is 1. The van der Waals surface area contributed by atoms with Crippen molar-refractivity contribution in [2.24, 2.45) is 0 Å². The molecule has 0 aromatic heterocycles. The highest BCUT2D eigenvalue weighted by atomic mass is 16.5. The second kappa shape index (κ2) is 7.05. The lowest BCUT2D eigenvalue weighted by atomic mass is 10.1. The molecule has 2 rings (SSSR count). The van der Waals surface area contributed by atoms with Gasteiger partial charge in [0.05, 0.1) is 12.5 Å². The maximum absolute atomic E-state index is 11.8. The van der Waals surface area contributed by atoms with Gasteiger partial charge in [-0.15, -0.1) is 0 Å². The second-order valence-corrected chi connectivity index (χ2v) is 4.99. The van der Waals surface area contributed by atoms with E-state index in [1.54, 1.807) is 24.3 Å². The first-order chi connectivity index (χ1) is 9.63. The lowest BCUT2D eigenvalue weighted by Crippen LogP contribution is -2.15. The maximum atomic E-state index is 11.8. The van der Waals surface area contributed by atoms with Gasteiger partial charge < -0.3 is 15.2 Å². The van der Waals surface area contributed by atoms with Gasteiger partial charge in [-0.05, 0) is 37.0 Å². The van der Waals surface area contributed by atoms with E-state index in [1.165, 1.54) is 0 Å². The summed E-state index contributed by atoms with van der Waals surface area (Å²) in [7, 11) is 0. The summed E-state index contributed by atoms with van der Waals surface area (Å²) in [4.78, 5) is 22.3. The Bertz CT molecular complexity index is 463. The van der Waals surface area contributed by atoms with Gasteiger partial charge in [-0.25, -0.2) is 0 Å². The molecule has 1 aliphatic heterocycles. The number of benzene rings is 1. The fourth-order valence-corrected chi connectivity index (χ4v) is 2.27. The minimum Gasteiger partial charge on any atom is -0.481 e. The number of hydrogen-bond donors (Lipinski definition) is 2. The van der Waals surface area contributed by atoms with Gasteiger partial charge in [0.25, 0.3) is 0 Å². The van der Waals surface area contributed by atoms with E-state index in [1.807, 2.05) is 0 Å². The maximum Gasteiger partial charge on any atom is 0.307 e. The van der Waals surface area contributed by atoms with Gasteiger partial charge in [0.15, 0.2) is 0 Å². The number of carbonyl (C=O) groups is 2. The van der Waals surface area contributed by atoms with Crippen LogP contribution in [0.5, 0.6) is 0 Å². The molecule has 1 unspecified atom stereocenters. The molecule has 1 heterocycles. The summed E-state index contributed by atoms with van der Waals surface area (Å²) in [6, 6.07) is 6.87. The largest absolute Gasteiger partial charge is 0.481 e. The number of carbonyl (C=O) groups excluding carboxylic acids is 1. The van der Waals surface area contributed by atoms with Crippen LogP contribution in [0.25, 0.3) is 0 Å². The summed E-state index contributed by atoms with van der Waals surface area (Å²) >= 11 is 0. The SMILES string of the molecule is O=C(O)Cc1ccc(NC(=O)CCC2CCCO2)cc1. The van der Waals surface area contributed by atoms with Crippen LogP contribution in [0.15, 0.2) is 24.3 Å². The Labute approximate surface area is 117 Å². The Morgan fingerprint density at radius 1 is 1.30 bits per heavy atom. The molecule has 0 aliphatic carbocycles. The Hall–Kier alpha value is -1.88. The van der Waals surface area contributed by atoms with Crippen LogP contribution in [0.4, 0.5) is 5.69 Å². The third-order valence-corrected chi connectivity index (χ3v) is 3.31. The minimum absolute atomic E-state index is 0.00670. The molecule has 2 N–H and O–H groups in total. The van der Waals surface area contributed by atoms with Gasteiger partial charge >= 0.3 is 5.97 Å². The molecule has 20 heavy (non-hydrogen) atoms. The lowest BCUT2D eigenvalue weighted by molar-refractivity contribution is -0.136. The third-order valence-electron chi connectivity index (χ3n) is 3.31. The zero-order valence-electron chi connectivity index (χ0n) is 11.3. The van der Waals surface area contributed by atoms with E-state index in [-0.39, 0.29) is 18.4 Å². The minimum atomic E-state index is -0.863. The molecule has 0 radical (unpaired) electrons. The van der Waals surface area contributed by atoms with Gasteiger partial charge in [-0.3, -0.25) is 9.59 Å². The highest BCUT2D eigenvalue weighted by Gasteiger charge is 2.16. The van der Waals surface area contributed by atoms with Gasteiger partial charge in [-0.2, -0.15) is 0 Å². The van der Waals surface area contributed by atoms with Crippen molar-refractivity contribution in [1.29, 1.82) is 0 Å². The highest BCUT2D eigenvalue weighted by Crippen LogP contribution is 2.17. The second-order valence-electron chi connectivity index (χ2n) is 4.99. The number of carboxylic acid groups (broad SMARTS) is 1. The van der Waals surface area contributed by atoms with Crippen LogP contribution in [0, 0.1) is 0 Å². The van der Waals surface area contributed by atoms with Crippen LogP contribution >= 0.6 is 0 Å². The summed E-state index contributed by atoms with van der Waals surface area (Å²) in [6.45, 7) is 0.803. The zero-order valence-corrected chi connectivity index (χ0v) is 11.3. The van der Waals surface area contributed by atoms with Gasteiger partial charge in [0.2, 0.25) is 5.91 Å². The number of amides is 1. The third kappa shape index (κ3) is 4.66. The summed E-state index contributed by atoms with van der Waals surface area (Å²) in [6.07, 6.45) is 3.53. The Balaban J connectivity index is 1.76. The molecule has 108 valence electrons. The van der Waals surface area contributed by atoms with E-state index in [0.29, 0.717) is 12.1 Å². The summed E-state index contributed by atoms with van der Waals surface area (Å²) in [5.74, 6) is -0.898. The smallest absolute Gasteiger partial charge is 0.307 e. The molecular formula is C15H19NO4. The molecule has 0 bridgehead atoms. The summed E-state index contributed by atoms with van der Waals surface area (Å²) < 4.78 is 5.47. The zero-order chi connectivity index (χ0) is 14.4. The van der Waals surface area contributed by atoms with Crippen LogP contribution < -0.4 is 5.32 Å². The van der Waals surface area contributed by atoms with E-state index >= 15 is 0 Å². The quantitative estimate of drug-likeness (QED) is 0.836. The standard InChI is InChI=1S/C15H19NO4/c17-14(8-7-13-2-1-9-20-13)16-12-5-3-11(4-6-12)10-15(18)19/h3-6,13H,1-2,7-10H2,(H,16,17)(H,18,19). The fraction of sp³-hybridized carbons (Fsp3) is 0.467. The first-order valence-corrected chi connectivity index (χ1v) is 6.85. The van der Waals surface area contributed by atoms with E-state index in [9.17, 15) is 9.59 Å². The lowest BCUT2D eigenvalue weighted by Gasteiger charge is -2.09. The molecule has 1 aromatic rings. The molecular weight excluding hydrogens is 258 g/mol. The van der Waals surface area contributed by atoms with Gasteiger partial charge in [0.1, 0.15) is 0 Å². The van der Waals surface area contributed by atoms with Crippen molar-refractivity contribution >= 4 is 17.6 Å². The van der Waals surface area contributed by atoms with Crippen LogP contribution in [0.2, 0.25) is 0 Å². The molecule has 0 saturated carbocycles. The molecule has 1 atom stereocenters. The molecule has 5 heteroatoms. The summed E-state index contributed by atoms with van der Waals surface area (Å²) in [5, 5.41) is 11.5. The highest BCUT2D eigenvalue weighted by molar-refractivity contribution is 5.90. The molecule has 1 amide bonds. The van der Waals surface area contributed by atoms with Crippen molar-refractivity contribution in [3.05, 3.63) is 29.8 Å². The molecule has 1 saturated heterocycles. The van der Waals surface area contributed by atoms with E-state index in [0.717, 1.165) is 31.4 Å². The van der Waals surface area contributed by atoms with Crippen LogP contribution in [-0.2, 0) is 20.7 Å². The fourth-order valence-electron chi connectivity index (χ4n) is 2.27. The van der Waals surface area contributed by atoms with Crippen molar-refractivity contribution in [1.82, 2.24) is 0 Å². The number of rotatable bonds is 6. The average molecular weight is 277 g/mol. The van der Waals surface area contributed by atoms with Crippen LogP contribution in [0.1, 0.15) is 31.2 Å². The first-order valence-electron chi connectivity index (χ1n) is 6.85. The van der Waals surface area contributed by atoms with E-state index < -0.39 is 5.97 Å². The molecule has 1 aromatic carbocycles. The number of aliphatic carboxylic acids is 1. The van der Waals surface area contributed by atoms with E-state index in [2.05, 4.69) is 5.32 Å². The Morgan fingerprint density at radius 2 is 2.05 bits per heavy atom. The molecule has 1 aliphatic rings. The molecule has 0 spiro atoms.